The second kappa shape index (κ2) is 10.4. The fraction of sp³-hybridized carbons (Fsp3) is 0.0435. The molecule has 0 atom stereocenters. The highest BCUT2D eigenvalue weighted by Crippen LogP contribution is 2.20. The molecule has 4 N–H and O–H groups in total. The second-order valence-corrected chi connectivity index (χ2v) is 7.51. The van der Waals surface area contributed by atoms with Crippen molar-refractivity contribution in [1.29, 1.82) is 0 Å². The number of carbonyl (C=O) groups excluding carboxylic acids is 2. The van der Waals surface area contributed by atoms with Crippen LogP contribution in [0.2, 0.25) is 0 Å². The van der Waals surface area contributed by atoms with Crippen LogP contribution in [0.5, 0.6) is 5.75 Å². The number of benzene rings is 2. The number of rotatable bonds is 7. The number of nitrogens with one attached hydrogen (secondary N) is 2. The van der Waals surface area contributed by atoms with Crippen molar-refractivity contribution in [1.82, 2.24) is 15.6 Å². The first-order valence-corrected chi connectivity index (χ1v) is 10.1. The first-order valence-electron chi connectivity index (χ1n) is 9.35. The van der Waals surface area contributed by atoms with E-state index in [0.717, 1.165) is 5.56 Å². The number of nitrogens with zero attached hydrogens (tertiary/aromatic N) is 1. The highest BCUT2D eigenvalue weighted by atomic mass is 79.9. The van der Waals surface area contributed by atoms with Crippen LogP contribution >= 0.6 is 15.9 Å². The average Bonchev–Trinajstić information content (AvgIpc) is 2.77. The summed E-state index contributed by atoms with van der Waals surface area (Å²) in [5.41, 5.74) is 1.40. The van der Waals surface area contributed by atoms with Gasteiger partial charge in [-0.3, -0.25) is 14.6 Å². The molecular formula is C23H18BrN3O5. The van der Waals surface area contributed by atoms with Gasteiger partial charge in [0.25, 0.3) is 11.8 Å². The zero-order chi connectivity index (χ0) is 23.1. The van der Waals surface area contributed by atoms with E-state index in [-0.39, 0.29) is 29.5 Å². The van der Waals surface area contributed by atoms with Gasteiger partial charge in [0, 0.05) is 29.0 Å². The summed E-state index contributed by atoms with van der Waals surface area (Å²) in [6.07, 6.45) is 4.31. The molecule has 1 heterocycles. The molecule has 1 aromatic heterocycles. The number of halogens is 1. The van der Waals surface area contributed by atoms with Gasteiger partial charge in [0.05, 0.1) is 5.56 Å². The molecule has 0 unspecified atom stereocenters. The zero-order valence-corrected chi connectivity index (χ0v) is 18.2. The van der Waals surface area contributed by atoms with Gasteiger partial charge < -0.3 is 20.8 Å². The van der Waals surface area contributed by atoms with Crippen molar-refractivity contribution in [3.05, 3.63) is 99.4 Å². The van der Waals surface area contributed by atoms with Crippen LogP contribution in [0.1, 0.15) is 31.8 Å². The molecule has 2 aromatic carbocycles. The molecule has 0 bridgehead atoms. The topological polar surface area (TPSA) is 129 Å². The van der Waals surface area contributed by atoms with Gasteiger partial charge in [-0.15, -0.1) is 0 Å². The summed E-state index contributed by atoms with van der Waals surface area (Å²) in [5, 5.41) is 24.0. The van der Waals surface area contributed by atoms with E-state index in [1.807, 2.05) is 0 Å². The van der Waals surface area contributed by atoms with E-state index in [1.54, 1.807) is 36.5 Å². The molecule has 0 aliphatic heterocycles. The zero-order valence-electron chi connectivity index (χ0n) is 16.6. The maximum atomic E-state index is 12.6. The first kappa shape index (κ1) is 22.7. The molecule has 0 radical (unpaired) electrons. The van der Waals surface area contributed by atoms with E-state index < -0.39 is 11.9 Å². The molecule has 3 aromatic rings. The van der Waals surface area contributed by atoms with Crippen LogP contribution < -0.4 is 10.6 Å². The number of amides is 2. The van der Waals surface area contributed by atoms with Gasteiger partial charge in [0.15, 0.2) is 0 Å². The fourth-order valence-electron chi connectivity index (χ4n) is 2.76. The Morgan fingerprint density at radius 3 is 2.50 bits per heavy atom. The van der Waals surface area contributed by atoms with Crippen LogP contribution in [0.3, 0.4) is 0 Å². The Labute approximate surface area is 191 Å². The van der Waals surface area contributed by atoms with Crippen LogP contribution in [0.15, 0.2) is 77.2 Å². The minimum Gasteiger partial charge on any atom is -0.508 e. The van der Waals surface area contributed by atoms with Crippen molar-refractivity contribution in [3.63, 3.8) is 0 Å². The van der Waals surface area contributed by atoms with Crippen LogP contribution in [-0.2, 0) is 11.3 Å². The van der Waals surface area contributed by atoms with Crippen LogP contribution in [0.25, 0.3) is 6.08 Å². The molecule has 32 heavy (non-hydrogen) atoms. The van der Waals surface area contributed by atoms with Gasteiger partial charge in [-0.2, -0.15) is 0 Å². The largest absolute Gasteiger partial charge is 0.508 e. The number of carbonyl (C=O) groups is 3. The predicted molar refractivity (Wildman–Crippen MR) is 121 cm³/mol. The van der Waals surface area contributed by atoms with E-state index in [0.29, 0.717) is 15.6 Å². The Morgan fingerprint density at radius 1 is 1.03 bits per heavy atom. The molecule has 0 saturated heterocycles. The van der Waals surface area contributed by atoms with E-state index in [4.69, 9.17) is 0 Å². The smallest absolute Gasteiger partial charge is 0.352 e. The summed E-state index contributed by atoms with van der Waals surface area (Å²) < 4.78 is 0.325. The van der Waals surface area contributed by atoms with Gasteiger partial charge in [-0.25, -0.2) is 4.79 Å². The average molecular weight is 496 g/mol. The number of carboxylic acid groups (broad SMARTS) is 1. The van der Waals surface area contributed by atoms with Gasteiger partial charge in [0.1, 0.15) is 11.4 Å². The highest BCUT2D eigenvalue weighted by molar-refractivity contribution is 9.10. The van der Waals surface area contributed by atoms with E-state index >= 15 is 0 Å². The molecule has 0 saturated carbocycles. The third-order valence-electron chi connectivity index (χ3n) is 4.31. The third kappa shape index (κ3) is 6.02. The van der Waals surface area contributed by atoms with Gasteiger partial charge in [0.2, 0.25) is 0 Å². The number of phenolic OH excluding ortho intramolecular Hbond substituents is 1. The summed E-state index contributed by atoms with van der Waals surface area (Å²) in [6, 6.07) is 14.2. The van der Waals surface area contributed by atoms with Crippen molar-refractivity contribution >= 4 is 39.8 Å². The van der Waals surface area contributed by atoms with Crippen molar-refractivity contribution in [2.75, 3.05) is 0 Å². The fourth-order valence-corrected chi connectivity index (χ4v) is 3.32. The summed E-state index contributed by atoms with van der Waals surface area (Å²) >= 11 is 3.26. The van der Waals surface area contributed by atoms with Crippen LogP contribution in [0.4, 0.5) is 0 Å². The summed E-state index contributed by atoms with van der Waals surface area (Å²) in [6.45, 7) is 0.216. The van der Waals surface area contributed by atoms with Gasteiger partial charge in [-0.1, -0.05) is 18.2 Å². The molecule has 2 amide bonds. The lowest BCUT2D eigenvalue weighted by Crippen LogP contribution is -2.28. The lowest BCUT2D eigenvalue weighted by atomic mass is 10.1. The monoisotopic (exact) mass is 495 g/mol. The predicted octanol–water partition coefficient (Wildman–Crippen LogP) is 3.34. The molecule has 9 heteroatoms. The molecule has 0 fully saturated rings. The minimum atomic E-state index is -1.30. The number of aromatic nitrogens is 1. The number of hydrogen-bond acceptors (Lipinski definition) is 5. The first-order chi connectivity index (χ1) is 15.3. The molecule has 3 rings (SSSR count). The molecule has 0 spiro atoms. The Kier molecular flexibility index (Phi) is 7.35. The number of aromatic hydroxyl groups is 1. The quantitative estimate of drug-likeness (QED) is 0.372. The standard InChI is InChI=1S/C23H18BrN3O5/c24-19-11-16(21(29)26-13-14-3-1-5-17(28)9-14)6-7-18(19)22(30)27-20(23(31)32)10-15-4-2-8-25-12-15/h1-12,28H,13H2,(H,26,29)(H,27,30)(H,31,32)/b20-10-. The SMILES string of the molecule is O=C(O)/C(=C/c1cccnc1)NC(=O)c1ccc(C(=O)NCc2cccc(O)c2)cc1Br. The minimum absolute atomic E-state index is 0.105. The molecule has 8 nitrogen and oxygen atoms in total. The normalized spacial score (nSPS) is 11.0. The number of hydrogen-bond donors (Lipinski definition) is 4. The van der Waals surface area contributed by atoms with E-state index in [1.165, 1.54) is 36.5 Å². The molecule has 0 aliphatic carbocycles. The van der Waals surface area contributed by atoms with E-state index in [2.05, 4.69) is 31.5 Å². The van der Waals surface area contributed by atoms with Crippen molar-refractivity contribution in [2.24, 2.45) is 0 Å². The Balaban J connectivity index is 1.70. The summed E-state index contributed by atoms with van der Waals surface area (Å²) in [5.74, 6) is -2.22. The van der Waals surface area contributed by atoms with Crippen molar-refractivity contribution < 1.29 is 24.6 Å². The lowest BCUT2D eigenvalue weighted by molar-refractivity contribution is -0.132. The Morgan fingerprint density at radius 2 is 1.84 bits per heavy atom. The Bertz CT molecular complexity index is 1200. The van der Waals surface area contributed by atoms with Crippen molar-refractivity contribution in [2.45, 2.75) is 6.54 Å². The highest BCUT2D eigenvalue weighted by Gasteiger charge is 2.17. The van der Waals surface area contributed by atoms with Crippen LogP contribution in [-0.4, -0.2) is 33.0 Å². The van der Waals surface area contributed by atoms with Gasteiger partial charge >= 0.3 is 5.97 Å². The number of aliphatic carboxylic acids is 1. The van der Waals surface area contributed by atoms with Crippen molar-refractivity contribution in [3.8, 4) is 5.75 Å². The number of carboxylic acids is 1. The summed E-state index contributed by atoms with van der Waals surface area (Å²) in [4.78, 5) is 40.5. The summed E-state index contributed by atoms with van der Waals surface area (Å²) in [7, 11) is 0. The van der Waals surface area contributed by atoms with Gasteiger partial charge in [-0.05, 0) is 69.5 Å². The van der Waals surface area contributed by atoms with Crippen LogP contribution in [0, 0.1) is 0 Å². The number of pyridine rings is 1. The molecule has 162 valence electrons. The maximum Gasteiger partial charge on any atom is 0.352 e. The molecule has 0 aliphatic rings. The maximum absolute atomic E-state index is 12.6. The third-order valence-corrected chi connectivity index (χ3v) is 4.97. The van der Waals surface area contributed by atoms with E-state index in [9.17, 15) is 24.6 Å². The lowest BCUT2D eigenvalue weighted by Gasteiger charge is -2.10. The second-order valence-electron chi connectivity index (χ2n) is 6.65. The molecular weight excluding hydrogens is 478 g/mol. The Hall–Kier alpha value is -3.98. The number of phenols is 1.